The highest BCUT2D eigenvalue weighted by molar-refractivity contribution is 5.79. The monoisotopic (exact) mass is 196 g/mol. The van der Waals surface area contributed by atoms with Gasteiger partial charge in [-0.25, -0.2) is 5.84 Å². The summed E-state index contributed by atoms with van der Waals surface area (Å²) in [4.78, 5) is 3.91. The Morgan fingerprint density at radius 2 is 2.29 bits per heavy atom. The van der Waals surface area contributed by atoms with Crippen LogP contribution in [0.4, 0.5) is 0 Å². The first kappa shape index (κ1) is 10.6. The minimum absolute atomic E-state index is 0.0402. The van der Waals surface area contributed by atoms with E-state index in [-0.39, 0.29) is 6.04 Å². The summed E-state index contributed by atoms with van der Waals surface area (Å²) in [6.45, 7) is 3.88. The van der Waals surface area contributed by atoms with Gasteiger partial charge in [-0.15, -0.1) is 0 Å². The Morgan fingerprint density at radius 1 is 1.57 bits per heavy atom. The van der Waals surface area contributed by atoms with E-state index in [2.05, 4.69) is 15.7 Å². The third kappa shape index (κ3) is 2.50. The van der Waals surface area contributed by atoms with Crippen molar-refractivity contribution in [3.05, 3.63) is 23.7 Å². The topological polar surface area (TPSA) is 75.6 Å². The number of nitrogens with zero attached hydrogens (tertiary/aromatic N) is 1. The summed E-state index contributed by atoms with van der Waals surface area (Å²) in [6.07, 6.45) is 0. The van der Waals surface area contributed by atoms with Crippen molar-refractivity contribution in [2.45, 2.75) is 19.9 Å². The molecule has 0 saturated carbocycles. The molecule has 0 spiro atoms. The molecular weight excluding hydrogens is 180 g/mol. The molecule has 0 amide bonds. The quantitative estimate of drug-likeness (QED) is 0.281. The molecule has 0 saturated heterocycles. The van der Waals surface area contributed by atoms with Crippen LogP contribution in [-0.4, -0.2) is 13.0 Å². The molecule has 5 nitrogen and oxygen atoms in total. The molecule has 0 bridgehead atoms. The molecule has 0 aliphatic heterocycles. The summed E-state index contributed by atoms with van der Waals surface area (Å²) in [5, 5.41) is 3.07. The molecule has 1 unspecified atom stereocenters. The van der Waals surface area contributed by atoms with Crippen molar-refractivity contribution in [2.24, 2.45) is 10.8 Å². The van der Waals surface area contributed by atoms with Crippen LogP contribution in [0.1, 0.15) is 24.5 Å². The van der Waals surface area contributed by atoms with Gasteiger partial charge in [-0.05, 0) is 26.0 Å². The molecular formula is C9H16N4O. The van der Waals surface area contributed by atoms with Crippen molar-refractivity contribution < 1.29 is 4.42 Å². The lowest BCUT2D eigenvalue weighted by Crippen LogP contribution is -2.42. The lowest BCUT2D eigenvalue weighted by atomic mass is 10.2. The maximum Gasteiger partial charge on any atom is 0.206 e. The highest BCUT2D eigenvalue weighted by Gasteiger charge is 2.09. The SMILES string of the molecule is CN=C(NN)NC(C)c1ccc(C)o1. The Hall–Kier alpha value is -1.49. The molecule has 4 N–H and O–H groups in total. The number of guanidine groups is 1. The number of hydrogen-bond acceptors (Lipinski definition) is 3. The van der Waals surface area contributed by atoms with Crippen LogP contribution in [0.25, 0.3) is 0 Å². The van der Waals surface area contributed by atoms with E-state index in [1.165, 1.54) is 0 Å². The minimum Gasteiger partial charge on any atom is -0.464 e. The number of aryl methyl sites for hydroxylation is 1. The van der Waals surface area contributed by atoms with Gasteiger partial charge in [0.25, 0.3) is 0 Å². The number of hydrazine groups is 1. The second-order valence-electron chi connectivity index (χ2n) is 3.03. The average Bonchev–Trinajstić information content (AvgIpc) is 2.61. The van der Waals surface area contributed by atoms with E-state index in [9.17, 15) is 0 Å². The second-order valence-corrected chi connectivity index (χ2v) is 3.03. The predicted octanol–water partition coefficient (Wildman–Crippen LogP) is 0.688. The van der Waals surface area contributed by atoms with E-state index in [0.29, 0.717) is 5.96 Å². The summed E-state index contributed by atoms with van der Waals surface area (Å²) >= 11 is 0. The van der Waals surface area contributed by atoms with Gasteiger partial charge in [-0.3, -0.25) is 10.4 Å². The molecule has 5 heteroatoms. The van der Waals surface area contributed by atoms with Crippen LogP contribution in [0.5, 0.6) is 0 Å². The Kier molecular flexibility index (Phi) is 3.53. The van der Waals surface area contributed by atoms with E-state index >= 15 is 0 Å². The van der Waals surface area contributed by atoms with Crippen LogP contribution in [0, 0.1) is 6.92 Å². The lowest BCUT2D eigenvalue weighted by molar-refractivity contribution is 0.441. The molecule has 1 aromatic rings. The summed E-state index contributed by atoms with van der Waals surface area (Å²) in [5.41, 5.74) is 2.46. The van der Waals surface area contributed by atoms with Gasteiger partial charge in [-0.1, -0.05) is 0 Å². The Labute approximate surface area is 83.4 Å². The van der Waals surface area contributed by atoms with E-state index in [1.807, 2.05) is 26.0 Å². The van der Waals surface area contributed by atoms with Crippen LogP contribution >= 0.6 is 0 Å². The molecule has 0 fully saturated rings. The normalized spacial score (nSPS) is 13.9. The Morgan fingerprint density at radius 3 is 2.71 bits per heavy atom. The first-order valence-electron chi connectivity index (χ1n) is 4.43. The van der Waals surface area contributed by atoms with Gasteiger partial charge in [0.1, 0.15) is 11.5 Å². The molecule has 0 aromatic carbocycles. The van der Waals surface area contributed by atoms with Crippen LogP contribution in [0.2, 0.25) is 0 Å². The summed E-state index contributed by atoms with van der Waals surface area (Å²) in [7, 11) is 1.66. The molecule has 0 aliphatic carbocycles. The van der Waals surface area contributed by atoms with Crippen LogP contribution in [0.15, 0.2) is 21.5 Å². The van der Waals surface area contributed by atoms with E-state index in [0.717, 1.165) is 11.5 Å². The van der Waals surface area contributed by atoms with Gasteiger partial charge in [-0.2, -0.15) is 0 Å². The van der Waals surface area contributed by atoms with Crippen LogP contribution in [-0.2, 0) is 0 Å². The zero-order valence-corrected chi connectivity index (χ0v) is 8.66. The number of furan rings is 1. The molecule has 0 aliphatic rings. The van der Waals surface area contributed by atoms with Gasteiger partial charge in [0.05, 0.1) is 6.04 Å². The molecule has 1 atom stereocenters. The number of nitrogens with two attached hydrogens (primary N) is 1. The average molecular weight is 196 g/mol. The van der Waals surface area contributed by atoms with Gasteiger partial charge in [0.2, 0.25) is 5.96 Å². The van der Waals surface area contributed by atoms with E-state index in [1.54, 1.807) is 7.05 Å². The highest BCUT2D eigenvalue weighted by Crippen LogP contribution is 2.14. The molecule has 1 aromatic heterocycles. The largest absolute Gasteiger partial charge is 0.464 e. The number of aliphatic imine (C=N–C) groups is 1. The Balaban J connectivity index is 2.62. The fraction of sp³-hybridized carbons (Fsp3) is 0.444. The van der Waals surface area contributed by atoms with Crippen LogP contribution in [0.3, 0.4) is 0 Å². The standard InChI is InChI=1S/C9H16N4O/c1-6-4-5-8(14-6)7(2)12-9(11-3)13-10/h4-5,7H,10H2,1-3H3,(H2,11,12,13). The maximum absolute atomic E-state index is 5.45. The third-order valence-corrected chi connectivity index (χ3v) is 1.90. The highest BCUT2D eigenvalue weighted by atomic mass is 16.3. The zero-order valence-electron chi connectivity index (χ0n) is 8.66. The lowest BCUT2D eigenvalue weighted by Gasteiger charge is -2.13. The molecule has 1 heterocycles. The fourth-order valence-corrected chi connectivity index (χ4v) is 1.13. The van der Waals surface area contributed by atoms with Crippen molar-refractivity contribution in [2.75, 3.05) is 7.05 Å². The summed E-state index contributed by atoms with van der Waals surface area (Å²) < 4.78 is 5.45. The molecule has 14 heavy (non-hydrogen) atoms. The van der Waals surface area contributed by atoms with E-state index < -0.39 is 0 Å². The zero-order chi connectivity index (χ0) is 10.6. The summed E-state index contributed by atoms with van der Waals surface area (Å²) in [5.74, 6) is 7.53. The van der Waals surface area contributed by atoms with Crippen molar-refractivity contribution in [1.82, 2.24) is 10.7 Å². The smallest absolute Gasteiger partial charge is 0.206 e. The third-order valence-electron chi connectivity index (χ3n) is 1.90. The van der Waals surface area contributed by atoms with Gasteiger partial charge < -0.3 is 9.73 Å². The van der Waals surface area contributed by atoms with Crippen molar-refractivity contribution in [3.8, 4) is 0 Å². The number of rotatable bonds is 2. The van der Waals surface area contributed by atoms with Crippen molar-refractivity contribution in [1.29, 1.82) is 0 Å². The van der Waals surface area contributed by atoms with Crippen molar-refractivity contribution >= 4 is 5.96 Å². The fourth-order valence-electron chi connectivity index (χ4n) is 1.13. The predicted molar refractivity (Wildman–Crippen MR) is 55.7 cm³/mol. The second kappa shape index (κ2) is 4.66. The first-order chi connectivity index (χ1) is 6.67. The number of hydrogen-bond donors (Lipinski definition) is 3. The van der Waals surface area contributed by atoms with Crippen LogP contribution < -0.4 is 16.6 Å². The maximum atomic E-state index is 5.45. The molecule has 1 rings (SSSR count). The van der Waals surface area contributed by atoms with E-state index in [4.69, 9.17) is 10.3 Å². The molecule has 0 radical (unpaired) electrons. The van der Waals surface area contributed by atoms with Crippen molar-refractivity contribution in [3.63, 3.8) is 0 Å². The van der Waals surface area contributed by atoms with Gasteiger partial charge in [0.15, 0.2) is 0 Å². The summed E-state index contributed by atoms with van der Waals surface area (Å²) in [6, 6.07) is 3.89. The van der Waals surface area contributed by atoms with Gasteiger partial charge >= 0.3 is 0 Å². The minimum atomic E-state index is 0.0402. The molecule has 78 valence electrons. The first-order valence-corrected chi connectivity index (χ1v) is 4.43. The van der Waals surface area contributed by atoms with Gasteiger partial charge in [0, 0.05) is 7.05 Å². The number of nitrogens with one attached hydrogen (secondary N) is 2. The Bertz CT molecular complexity index is 318.